The van der Waals surface area contributed by atoms with E-state index in [0.29, 0.717) is 13.2 Å². The molecule has 0 saturated carbocycles. The van der Waals surface area contributed by atoms with Crippen molar-refractivity contribution >= 4 is 0 Å². The summed E-state index contributed by atoms with van der Waals surface area (Å²) >= 11 is 0. The fourth-order valence-corrected chi connectivity index (χ4v) is 2.11. The first kappa shape index (κ1) is 13.2. The van der Waals surface area contributed by atoms with Gasteiger partial charge in [-0.15, -0.1) is 0 Å². The van der Waals surface area contributed by atoms with E-state index in [9.17, 15) is 8.78 Å². The number of hydrogen-bond donors (Lipinski definition) is 2. The zero-order valence-corrected chi connectivity index (χ0v) is 10.0. The van der Waals surface area contributed by atoms with Crippen molar-refractivity contribution in [2.24, 2.45) is 0 Å². The molecule has 0 aliphatic carbocycles. The van der Waals surface area contributed by atoms with E-state index in [4.69, 9.17) is 9.84 Å². The number of aliphatic hydroxyl groups is 1. The van der Waals surface area contributed by atoms with E-state index < -0.39 is 19.1 Å². The largest absolute Gasteiger partial charge is 0.493 e. The fraction of sp³-hybridized carbons (Fsp3) is 0.538. The molecule has 1 atom stereocenters. The van der Waals surface area contributed by atoms with Gasteiger partial charge < -0.3 is 15.2 Å². The summed E-state index contributed by atoms with van der Waals surface area (Å²) in [6.07, 6.45) is 0.814. The Morgan fingerprint density at radius 2 is 2.17 bits per heavy atom. The summed E-state index contributed by atoms with van der Waals surface area (Å²) in [5.41, 5.74) is 1.06. The Balaban J connectivity index is 1.92. The van der Waals surface area contributed by atoms with Crippen molar-refractivity contribution in [3.05, 3.63) is 29.8 Å². The predicted octanol–water partition coefficient (Wildman–Crippen LogP) is 1.77. The van der Waals surface area contributed by atoms with E-state index in [2.05, 4.69) is 5.32 Å². The van der Waals surface area contributed by atoms with Gasteiger partial charge >= 0.3 is 0 Å². The zero-order chi connectivity index (χ0) is 13.0. The molecule has 0 fully saturated rings. The number of fused-ring (bicyclic) bond motifs is 1. The highest BCUT2D eigenvalue weighted by molar-refractivity contribution is 5.37. The van der Waals surface area contributed by atoms with Crippen LogP contribution in [0.5, 0.6) is 5.75 Å². The Bertz CT molecular complexity index is 398. The van der Waals surface area contributed by atoms with E-state index in [1.54, 1.807) is 0 Å². The Morgan fingerprint density at radius 1 is 1.39 bits per heavy atom. The Hall–Kier alpha value is -1.20. The third-order valence-electron chi connectivity index (χ3n) is 3.09. The van der Waals surface area contributed by atoms with Gasteiger partial charge in [-0.25, -0.2) is 8.78 Å². The van der Waals surface area contributed by atoms with Crippen molar-refractivity contribution in [1.29, 1.82) is 0 Å². The molecule has 1 heterocycles. The Kier molecular flexibility index (Phi) is 4.14. The molecule has 100 valence electrons. The van der Waals surface area contributed by atoms with Crippen LogP contribution in [0, 0.1) is 0 Å². The molecule has 1 aromatic rings. The van der Waals surface area contributed by atoms with Gasteiger partial charge in [0.25, 0.3) is 5.92 Å². The third kappa shape index (κ3) is 3.17. The van der Waals surface area contributed by atoms with Crippen LogP contribution in [0.3, 0.4) is 0 Å². The van der Waals surface area contributed by atoms with Gasteiger partial charge in [0.15, 0.2) is 0 Å². The van der Waals surface area contributed by atoms with Gasteiger partial charge in [0, 0.05) is 12.5 Å². The van der Waals surface area contributed by atoms with Crippen molar-refractivity contribution < 1.29 is 18.6 Å². The van der Waals surface area contributed by atoms with Crippen molar-refractivity contribution in [3.63, 3.8) is 0 Å². The number of aliphatic hydroxyl groups excluding tert-OH is 1. The second-order valence-corrected chi connectivity index (χ2v) is 4.52. The standard InChI is InChI=1S/C13H17F2NO2/c14-13(15,9-17)8-16-7-10-5-6-18-12-4-2-1-3-11(10)12/h1-4,10,16-17H,5-9H2. The molecule has 0 saturated heterocycles. The molecule has 0 amide bonds. The minimum atomic E-state index is -3.05. The third-order valence-corrected chi connectivity index (χ3v) is 3.09. The smallest absolute Gasteiger partial charge is 0.282 e. The highest BCUT2D eigenvalue weighted by atomic mass is 19.3. The molecule has 0 radical (unpaired) electrons. The number of nitrogens with one attached hydrogen (secondary N) is 1. The summed E-state index contributed by atoms with van der Waals surface area (Å²) in [7, 11) is 0. The lowest BCUT2D eigenvalue weighted by atomic mass is 9.93. The van der Waals surface area contributed by atoms with Gasteiger partial charge in [-0.1, -0.05) is 18.2 Å². The van der Waals surface area contributed by atoms with Crippen LogP contribution in [0.1, 0.15) is 17.9 Å². The van der Waals surface area contributed by atoms with Gasteiger partial charge in [-0.05, 0) is 18.1 Å². The summed E-state index contributed by atoms with van der Waals surface area (Å²) in [4.78, 5) is 0. The van der Waals surface area contributed by atoms with Crippen LogP contribution < -0.4 is 10.1 Å². The molecule has 3 nitrogen and oxygen atoms in total. The van der Waals surface area contributed by atoms with Gasteiger partial charge in [-0.2, -0.15) is 0 Å². The van der Waals surface area contributed by atoms with Crippen LogP contribution in [0.25, 0.3) is 0 Å². The number of para-hydroxylation sites is 1. The fourth-order valence-electron chi connectivity index (χ4n) is 2.11. The van der Waals surface area contributed by atoms with Gasteiger partial charge in [0.1, 0.15) is 12.4 Å². The van der Waals surface area contributed by atoms with Crippen molar-refractivity contribution in [2.45, 2.75) is 18.3 Å². The van der Waals surface area contributed by atoms with Crippen LogP contribution in [0.15, 0.2) is 24.3 Å². The van der Waals surface area contributed by atoms with E-state index in [0.717, 1.165) is 17.7 Å². The van der Waals surface area contributed by atoms with Crippen LogP contribution in [0.4, 0.5) is 8.78 Å². The molecule has 1 aliphatic heterocycles. The maximum absolute atomic E-state index is 12.9. The quantitative estimate of drug-likeness (QED) is 0.844. The van der Waals surface area contributed by atoms with E-state index in [1.807, 2.05) is 24.3 Å². The average Bonchev–Trinajstić information content (AvgIpc) is 2.39. The first-order valence-electron chi connectivity index (χ1n) is 6.03. The number of alkyl halides is 2. The van der Waals surface area contributed by atoms with Gasteiger partial charge in [0.2, 0.25) is 0 Å². The zero-order valence-electron chi connectivity index (χ0n) is 10.0. The molecule has 2 rings (SSSR count). The van der Waals surface area contributed by atoms with Crippen LogP contribution in [-0.2, 0) is 0 Å². The van der Waals surface area contributed by atoms with E-state index in [1.165, 1.54) is 0 Å². The van der Waals surface area contributed by atoms with E-state index >= 15 is 0 Å². The van der Waals surface area contributed by atoms with E-state index in [-0.39, 0.29) is 5.92 Å². The summed E-state index contributed by atoms with van der Waals surface area (Å²) in [6, 6.07) is 7.67. The second-order valence-electron chi connectivity index (χ2n) is 4.52. The lowest BCUT2D eigenvalue weighted by molar-refractivity contribution is -0.0477. The lowest BCUT2D eigenvalue weighted by Crippen LogP contribution is -2.38. The molecule has 1 aromatic carbocycles. The molecule has 18 heavy (non-hydrogen) atoms. The highest BCUT2D eigenvalue weighted by Gasteiger charge is 2.28. The minimum absolute atomic E-state index is 0.185. The van der Waals surface area contributed by atoms with Crippen molar-refractivity contribution in [1.82, 2.24) is 5.32 Å². The number of benzene rings is 1. The SMILES string of the molecule is OCC(F)(F)CNCC1CCOc2ccccc21. The maximum atomic E-state index is 12.9. The van der Waals surface area contributed by atoms with Crippen molar-refractivity contribution in [3.8, 4) is 5.75 Å². The first-order chi connectivity index (χ1) is 8.62. The average molecular weight is 257 g/mol. The molecule has 5 heteroatoms. The second kappa shape index (κ2) is 5.63. The first-order valence-corrected chi connectivity index (χ1v) is 6.03. The topological polar surface area (TPSA) is 41.5 Å². The maximum Gasteiger partial charge on any atom is 0.282 e. The molecular weight excluding hydrogens is 240 g/mol. The number of ether oxygens (including phenoxy) is 1. The Morgan fingerprint density at radius 3 is 2.94 bits per heavy atom. The molecule has 0 aromatic heterocycles. The van der Waals surface area contributed by atoms with Gasteiger partial charge in [-0.3, -0.25) is 0 Å². The summed E-state index contributed by atoms with van der Waals surface area (Å²) < 4.78 is 31.2. The van der Waals surface area contributed by atoms with Crippen LogP contribution in [0.2, 0.25) is 0 Å². The van der Waals surface area contributed by atoms with Crippen LogP contribution in [-0.4, -0.2) is 37.3 Å². The summed E-state index contributed by atoms with van der Waals surface area (Å²) in [5, 5.41) is 11.2. The molecule has 0 spiro atoms. The minimum Gasteiger partial charge on any atom is -0.493 e. The summed E-state index contributed by atoms with van der Waals surface area (Å²) in [5.74, 6) is -2.03. The predicted molar refractivity (Wildman–Crippen MR) is 64.2 cm³/mol. The molecule has 1 aliphatic rings. The van der Waals surface area contributed by atoms with Crippen molar-refractivity contribution in [2.75, 3.05) is 26.3 Å². The molecule has 1 unspecified atom stereocenters. The number of halogens is 2. The Labute approximate surface area is 105 Å². The summed E-state index contributed by atoms with van der Waals surface area (Å²) in [6.45, 7) is -0.539. The lowest BCUT2D eigenvalue weighted by Gasteiger charge is -2.26. The molecule has 0 bridgehead atoms. The monoisotopic (exact) mass is 257 g/mol. The normalized spacial score (nSPS) is 19.2. The number of rotatable bonds is 5. The molecular formula is C13H17F2NO2. The van der Waals surface area contributed by atoms with Crippen LogP contribution >= 0.6 is 0 Å². The van der Waals surface area contributed by atoms with Gasteiger partial charge in [0.05, 0.1) is 13.2 Å². The molecule has 2 N–H and O–H groups in total. The number of hydrogen-bond acceptors (Lipinski definition) is 3. The highest BCUT2D eigenvalue weighted by Crippen LogP contribution is 2.32.